The van der Waals surface area contributed by atoms with Crippen LogP contribution < -0.4 is 5.32 Å². The molecule has 1 amide bonds. The maximum atomic E-state index is 11.1. The van der Waals surface area contributed by atoms with Crippen LogP contribution in [-0.2, 0) is 4.79 Å². The summed E-state index contributed by atoms with van der Waals surface area (Å²) in [4.78, 5) is 26.2. The molecule has 0 radical (unpaired) electrons. The normalized spacial score (nSPS) is 10.1. The number of aromatic nitrogens is 1. The minimum absolute atomic E-state index is 0.161. The van der Waals surface area contributed by atoms with Gasteiger partial charge in [0.25, 0.3) is 0 Å². The molecular weight excluding hydrogens is 252 g/mol. The molecule has 0 atom stereocenters. The number of benzene rings is 1. The summed E-state index contributed by atoms with van der Waals surface area (Å²) in [6, 6.07) is 4.53. The second-order valence-corrected chi connectivity index (χ2v) is 4.48. The van der Waals surface area contributed by atoms with Gasteiger partial charge in [0, 0.05) is 24.1 Å². The third-order valence-corrected chi connectivity index (χ3v) is 3.05. The Morgan fingerprint density at radius 3 is 2.72 bits per heavy atom. The first-order valence-corrected chi connectivity index (χ1v) is 6.00. The summed E-state index contributed by atoms with van der Waals surface area (Å²) in [6.45, 7) is 1.40. The van der Waals surface area contributed by atoms with Crippen LogP contribution in [0.5, 0.6) is 0 Å². The minimum atomic E-state index is -1.01. The molecule has 2 rings (SSSR count). The predicted octanol–water partition coefficient (Wildman–Crippen LogP) is 2.47. The molecule has 6 heteroatoms. The lowest BCUT2D eigenvalue weighted by atomic mass is 10.1. The van der Waals surface area contributed by atoms with Crippen molar-refractivity contribution in [2.75, 3.05) is 5.32 Å². The fraction of sp³-hybridized carbons (Fsp3) is 0.0833. The molecule has 0 spiro atoms. The van der Waals surface area contributed by atoms with Crippen LogP contribution in [0.2, 0.25) is 0 Å². The zero-order valence-electron chi connectivity index (χ0n) is 9.51. The molecule has 2 aromatic rings. The summed E-state index contributed by atoms with van der Waals surface area (Å²) in [7, 11) is 0. The first-order valence-electron chi connectivity index (χ1n) is 5.12. The minimum Gasteiger partial charge on any atom is -0.478 e. The number of carboxylic acids is 1. The zero-order chi connectivity index (χ0) is 13.1. The quantitative estimate of drug-likeness (QED) is 0.890. The second-order valence-electron chi connectivity index (χ2n) is 3.58. The van der Waals surface area contributed by atoms with Crippen LogP contribution in [0.25, 0.3) is 10.6 Å². The molecule has 0 aliphatic carbocycles. The molecule has 0 bridgehead atoms. The fourth-order valence-electron chi connectivity index (χ4n) is 1.51. The van der Waals surface area contributed by atoms with Crippen molar-refractivity contribution >= 4 is 28.9 Å². The van der Waals surface area contributed by atoms with Crippen molar-refractivity contribution in [3.8, 4) is 10.6 Å². The number of nitrogens with zero attached hydrogens (tertiary/aromatic N) is 1. The van der Waals surface area contributed by atoms with Gasteiger partial charge in [0.1, 0.15) is 5.01 Å². The van der Waals surface area contributed by atoms with Crippen LogP contribution in [-0.4, -0.2) is 22.0 Å². The van der Waals surface area contributed by atoms with Crippen LogP contribution in [0.4, 0.5) is 5.69 Å². The molecule has 0 saturated heterocycles. The van der Waals surface area contributed by atoms with Crippen LogP contribution >= 0.6 is 11.3 Å². The van der Waals surface area contributed by atoms with Gasteiger partial charge in [-0.3, -0.25) is 4.79 Å². The summed E-state index contributed by atoms with van der Waals surface area (Å²) < 4.78 is 0. The van der Waals surface area contributed by atoms with Gasteiger partial charge in [-0.15, -0.1) is 11.3 Å². The number of nitrogens with one attached hydrogen (secondary N) is 1. The molecule has 0 saturated carbocycles. The Labute approximate surface area is 107 Å². The molecular formula is C12H10N2O3S. The van der Waals surface area contributed by atoms with Gasteiger partial charge in [-0.1, -0.05) is 0 Å². The average Bonchev–Trinajstić information content (AvgIpc) is 2.81. The first kappa shape index (κ1) is 12.3. The lowest BCUT2D eigenvalue weighted by Gasteiger charge is -2.08. The van der Waals surface area contributed by atoms with Crippen molar-refractivity contribution in [2.45, 2.75) is 6.92 Å². The fourth-order valence-corrected chi connectivity index (χ4v) is 2.18. The molecule has 0 aliphatic rings. The second kappa shape index (κ2) is 4.97. The van der Waals surface area contributed by atoms with Crippen molar-refractivity contribution in [1.82, 2.24) is 4.98 Å². The van der Waals surface area contributed by atoms with Crippen molar-refractivity contribution in [3.05, 3.63) is 35.3 Å². The van der Waals surface area contributed by atoms with E-state index in [-0.39, 0.29) is 11.5 Å². The number of amides is 1. The summed E-state index contributed by atoms with van der Waals surface area (Å²) in [5.41, 5.74) is 1.33. The molecule has 1 heterocycles. The molecule has 1 aromatic heterocycles. The maximum Gasteiger partial charge on any atom is 0.335 e. The topological polar surface area (TPSA) is 79.3 Å². The SMILES string of the molecule is CC(=O)Nc1ccc(C(=O)O)cc1-c1nccs1. The molecule has 2 N–H and O–H groups in total. The lowest BCUT2D eigenvalue weighted by molar-refractivity contribution is -0.114. The molecule has 0 aliphatic heterocycles. The van der Waals surface area contributed by atoms with E-state index in [1.807, 2.05) is 0 Å². The molecule has 5 nitrogen and oxygen atoms in total. The van der Waals surface area contributed by atoms with Crippen LogP contribution in [0, 0.1) is 0 Å². The number of aromatic carboxylic acids is 1. The smallest absolute Gasteiger partial charge is 0.335 e. The summed E-state index contributed by atoms with van der Waals surface area (Å²) >= 11 is 1.38. The number of anilines is 1. The van der Waals surface area contributed by atoms with E-state index >= 15 is 0 Å². The standard InChI is InChI=1S/C12H10N2O3S/c1-7(15)14-10-3-2-8(12(16)17)6-9(10)11-13-4-5-18-11/h2-6H,1H3,(H,14,15)(H,16,17). The van der Waals surface area contributed by atoms with E-state index in [1.54, 1.807) is 17.6 Å². The number of hydrogen-bond donors (Lipinski definition) is 2. The van der Waals surface area contributed by atoms with Gasteiger partial charge in [-0.2, -0.15) is 0 Å². The van der Waals surface area contributed by atoms with E-state index in [0.717, 1.165) is 0 Å². The molecule has 18 heavy (non-hydrogen) atoms. The molecule has 1 aromatic carbocycles. The third kappa shape index (κ3) is 2.54. The summed E-state index contributed by atoms with van der Waals surface area (Å²) in [6.07, 6.45) is 1.63. The average molecular weight is 262 g/mol. The maximum absolute atomic E-state index is 11.1. The van der Waals surface area contributed by atoms with Gasteiger partial charge in [0.05, 0.1) is 11.3 Å². The lowest BCUT2D eigenvalue weighted by Crippen LogP contribution is -2.08. The van der Waals surface area contributed by atoms with E-state index in [4.69, 9.17) is 5.11 Å². The Balaban J connectivity index is 2.53. The Kier molecular flexibility index (Phi) is 3.38. The highest BCUT2D eigenvalue weighted by atomic mass is 32.1. The van der Waals surface area contributed by atoms with Crippen LogP contribution in [0.15, 0.2) is 29.8 Å². The number of thiazole rings is 1. The highest BCUT2D eigenvalue weighted by Crippen LogP contribution is 2.30. The zero-order valence-corrected chi connectivity index (χ0v) is 10.3. The van der Waals surface area contributed by atoms with E-state index in [2.05, 4.69) is 10.3 Å². The Morgan fingerprint density at radius 1 is 1.39 bits per heavy atom. The van der Waals surface area contributed by atoms with Gasteiger partial charge in [0.2, 0.25) is 5.91 Å². The van der Waals surface area contributed by atoms with E-state index in [0.29, 0.717) is 16.3 Å². The van der Waals surface area contributed by atoms with Gasteiger partial charge >= 0.3 is 5.97 Å². The largest absolute Gasteiger partial charge is 0.478 e. The van der Waals surface area contributed by atoms with Crippen molar-refractivity contribution < 1.29 is 14.7 Å². The predicted molar refractivity (Wildman–Crippen MR) is 68.8 cm³/mol. The van der Waals surface area contributed by atoms with Crippen molar-refractivity contribution in [2.24, 2.45) is 0 Å². The number of rotatable bonds is 3. The van der Waals surface area contributed by atoms with E-state index in [1.165, 1.54) is 30.4 Å². The van der Waals surface area contributed by atoms with Crippen molar-refractivity contribution in [3.63, 3.8) is 0 Å². The number of hydrogen-bond acceptors (Lipinski definition) is 4. The third-order valence-electron chi connectivity index (χ3n) is 2.24. The van der Waals surface area contributed by atoms with E-state index in [9.17, 15) is 9.59 Å². The number of carbonyl (C=O) groups excluding carboxylic acids is 1. The highest BCUT2D eigenvalue weighted by Gasteiger charge is 2.12. The Hall–Kier alpha value is -2.21. The molecule has 0 fully saturated rings. The number of carbonyl (C=O) groups is 2. The Bertz CT molecular complexity index is 593. The van der Waals surface area contributed by atoms with E-state index < -0.39 is 5.97 Å². The van der Waals surface area contributed by atoms with Gasteiger partial charge < -0.3 is 10.4 Å². The van der Waals surface area contributed by atoms with Crippen molar-refractivity contribution in [1.29, 1.82) is 0 Å². The summed E-state index contributed by atoms with van der Waals surface area (Å²) in [5.74, 6) is -1.22. The highest BCUT2D eigenvalue weighted by molar-refractivity contribution is 7.13. The number of carboxylic acid groups (broad SMARTS) is 1. The summed E-state index contributed by atoms with van der Waals surface area (Å²) in [5, 5.41) is 14.1. The molecule has 92 valence electrons. The van der Waals surface area contributed by atoms with Gasteiger partial charge in [-0.05, 0) is 18.2 Å². The van der Waals surface area contributed by atoms with Gasteiger partial charge in [0.15, 0.2) is 0 Å². The monoisotopic (exact) mass is 262 g/mol. The molecule has 0 unspecified atom stereocenters. The van der Waals surface area contributed by atoms with Crippen LogP contribution in [0.1, 0.15) is 17.3 Å². The Morgan fingerprint density at radius 2 is 2.17 bits per heavy atom. The van der Waals surface area contributed by atoms with Crippen LogP contribution in [0.3, 0.4) is 0 Å². The van der Waals surface area contributed by atoms with Gasteiger partial charge in [-0.25, -0.2) is 9.78 Å². The first-order chi connectivity index (χ1) is 8.58.